The maximum atomic E-state index is 14.5. The zero-order chi connectivity index (χ0) is 17.1. The van der Waals surface area contributed by atoms with Crippen molar-refractivity contribution in [3.8, 4) is 11.5 Å². The maximum absolute atomic E-state index is 14.5. The first kappa shape index (κ1) is 16.6. The Balaban J connectivity index is 1.97. The topological polar surface area (TPSA) is 48.4 Å². The number of pyridine rings is 1. The van der Waals surface area contributed by atoms with Crippen molar-refractivity contribution in [3.63, 3.8) is 0 Å². The summed E-state index contributed by atoms with van der Waals surface area (Å²) in [5.41, 5.74) is 1.49. The van der Waals surface area contributed by atoms with Gasteiger partial charge in [-0.15, -0.1) is 0 Å². The number of carbonyl (C=O) groups excluding carboxylic acids is 1. The molecule has 0 aliphatic heterocycles. The second kappa shape index (κ2) is 7.12. The number of methoxy groups -OCH3 is 1. The molecule has 1 heterocycles. The number of aldehydes is 1. The molecule has 0 spiro atoms. The van der Waals surface area contributed by atoms with Gasteiger partial charge in [0.2, 0.25) is 0 Å². The monoisotopic (exact) mass is 437 g/mol. The maximum Gasteiger partial charge on any atom is 0.168 e. The number of hydrogen-bond acceptors (Lipinski definition) is 4. The number of nitrogens with zero attached hydrogens (tertiary/aromatic N) is 1. The van der Waals surface area contributed by atoms with Crippen LogP contribution in [0.1, 0.15) is 16.1 Å². The Bertz CT molecular complexity index is 897. The molecule has 0 aliphatic carbocycles. The van der Waals surface area contributed by atoms with Gasteiger partial charge in [-0.2, -0.15) is 0 Å². The Morgan fingerprint density at radius 1 is 1.21 bits per heavy atom. The van der Waals surface area contributed by atoms with Gasteiger partial charge in [-0.1, -0.05) is 12.1 Å². The van der Waals surface area contributed by atoms with Crippen LogP contribution in [0.3, 0.4) is 0 Å². The fourth-order valence-electron chi connectivity index (χ4n) is 2.30. The molecule has 1 aromatic heterocycles. The molecule has 0 fully saturated rings. The third-order valence-corrected chi connectivity index (χ3v) is 4.36. The smallest absolute Gasteiger partial charge is 0.168 e. The van der Waals surface area contributed by atoms with Crippen LogP contribution in [0.2, 0.25) is 0 Å². The van der Waals surface area contributed by atoms with E-state index in [0.717, 1.165) is 11.3 Å². The van der Waals surface area contributed by atoms with Crippen LogP contribution in [0, 0.1) is 9.39 Å². The number of benzene rings is 2. The molecule has 4 nitrogen and oxygen atoms in total. The van der Waals surface area contributed by atoms with Gasteiger partial charge in [-0.05, 0) is 52.4 Å². The predicted octanol–water partition coefficient (Wildman–Crippen LogP) is 4.38. The van der Waals surface area contributed by atoms with Crippen LogP contribution >= 0.6 is 22.6 Å². The lowest BCUT2D eigenvalue weighted by molar-refractivity contribution is 0.111. The fraction of sp³-hybridized carbons (Fsp3) is 0.111. The summed E-state index contributed by atoms with van der Waals surface area (Å²) in [6, 6.07) is 12.1. The van der Waals surface area contributed by atoms with Gasteiger partial charge in [-0.25, -0.2) is 9.37 Å². The van der Waals surface area contributed by atoms with Crippen molar-refractivity contribution in [2.75, 3.05) is 7.11 Å². The van der Waals surface area contributed by atoms with Gasteiger partial charge in [0.25, 0.3) is 0 Å². The summed E-state index contributed by atoms with van der Waals surface area (Å²) in [6.07, 6.45) is 0.621. The van der Waals surface area contributed by atoms with E-state index < -0.39 is 5.82 Å². The summed E-state index contributed by atoms with van der Waals surface area (Å²) in [5.74, 6) is 0.647. The summed E-state index contributed by atoms with van der Waals surface area (Å²) >= 11 is 1.91. The third-order valence-electron chi connectivity index (χ3n) is 3.52. The molecule has 3 aromatic rings. The van der Waals surface area contributed by atoms with Gasteiger partial charge in [0.15, 0.2) is 6.29 Å². The van der Waals surface area contributed by atoms with E-state index in [-0.39, 0.29) is 17.7 Å². The number of aromatic nitrogens is 1. The van der Waals surface area contributed by atoms with E-state index >= 15 is 0 Å². The Morgan fingerprint density at radius 2 is 1.96 bits per heavy atom. The molecule has 0 radical (unpaired) electrons. The van der Waals surface area contributed by atoms with Crippen LogP contribution in [-0.4, -0.2) is 18.4 Å². The molecular weight excluding hydrogens is 424 g/mol. The molecule has 0 unspecified atom stereocenters. The Morgan fingerprint density at radius 3 is 2.62 bits per heavy atom. The van der Waals surface area contributed by atoms with Crippen LogP contribution in [-0.2, 0) is 6.61 Å². The van der Waals surface area contributed by atoms with Crippen LogP contribution in [0.15, 0.2) is 42.5 Å². The summed E-state index contributed by atoms with van der Waals surface area (Å²) in [4.78, 5) is 15.2. The first-order chi connectivity index (χ1) is 11.6. The molecule has 0 aliphatic rings. The third kappa shape index (κ3) is 3.33. The average Bonchev–Trinajstić information content (AvgIpc) is 2.62. The van der Waals surface area contributed by atoms with E-state index in [2.05, 4.69) is 4.98 Å². The van der Waals surface area contributed by atoms with Gasteiger partial charge in [0, 0.05) is 9.64 Å². The number of halogens is 2. The molecule has 0 N–H and O–H groups in total. The highest BCUT2D eigenvalue weighted by molar-refractivity contribution is 14.1. The van der Waals surface area contributed by atoms with Gasteiger partial charge in [0.05, 0.1) is 18.0 Å². The molecule has 3 rings (SSSR count). The lowest BCUT2D eigenvalue weighted by Crippen LogP contribution is -2.00. The van der Waals surface area contributed by atoms with Gasteiger partial charge < -0.3 is 9.47 Å². The first-order valence-corrected chi connectivity index (χ1v) is 8.20. The molecule has 24 heavy (non-hydrogen) atoms. The molecule has 6 heteroatoms. The van der Waals surface area contributed by atoms with Crippen molar-refractivity contribution in [2.45, 2.75) is 6.61 Å². The van der Waals surface area contributed by atoms with Crippen LogP contribution < -0.4 is 9.47 Å². The van der Waals surface area contributed by atoms with E-state index in [1.54, 1.807) is 19.2 Å². The van der Waals surface area contributed by atoms with Crippen molar-refractivity contribution < 1.29 is 18.7 Å². The fourth-order valence-corrected chi connectivity index (χ4v) is 2.75. The molecule has 0 amide bonds. The predicted molar refractivity (Wildman–Crippen MR) is 97.1 cm³/mol. The lowest BCUT2D eigenvalue weighted by Gasteiger charge is -2.11. The normalized spacial score (nSPS) is 10.6. The highest BCUT2D eigenvalue weighted by Gasteiger charge is 2.14. The summed E-state index contributed by atoms with van der Waals surface area (Å²) in [5, 5.41) is 0.279. The molecular formula is C18H13FINO3. The molecule has 0 bridgehead atoms. The van der Waals surface area contributed by atoms with Crippen molar-refractivity contribution in [2.24, 2.45) is 0 Å². The van der Waals surface area contributed by atoms with Crippen LogP contribution in [0.4, 0.5) is 4.39 Å². The second-order valence-corrected chi connectivity index (χ2v) is 6.22. The summed E-state index contributed by atoms with van der Waals surface area (Å²) in [6.45, 7) is 0.242. The van der Waals surface area contributed by atoms with Crippen molar-refractivity contribution >= 4 is 39.8 Å². The first-order valence-electron chi connectivity index (χ1n) is 7.12. The number of fused-ring (bicyclic) bond motifs is 1. The van der Waals surface area contributed by atoms with E-state index in [1.165, 1.54) is 6.07 Å². The number of rotatable bonds is 5. The van der Waals surface area contributed by atoms with Gasteiger partial charge in [-0.3, -0.25) is 4.79 Å². The van der Waals surface area contributed by atoms with Crippen LogP contribution in [0.5, 0.6) is 11.5 Å². The minimum Gasteiger partial charge on any atom is -0.497 e. The second-order valence-electron chi connectivity index (χ2n) is 5.06. The van der Waals surface area contributed by atoms with Gasteiger partial charge >= 0.3 is 0 Å². The standard InChI is InChI=1S/C18H13FINO3/c1-23-13-4-2-11(3-5-13)10-24-16-8-12(9-22)21-15-7-6-14(20)18(19)17(15)16/h2-9H,10H2,1H3. The SMILES string of the molecule is COc1ccc(COc2cc(C=O)nc3ccc(I)c(F)c23)cc1. The highest BCUT2D eigenvalue weighted by atomic mass is 127. The number of hydrogen-bond donors (Lipinski definition) is 0. The van der Waals surface area contributed by atoms with E-state index in [4.69, 9.17) is 9.47 Å². The quantitative estimate of drug-likeness (QED) is 0.439. The minimum absolute atomic E-state index is 0.202. The number of carbonyl (C=O) groups is 1. The van der Waals surface area contributed by atoms with Crippen molar-refractivity contribution in [1.29, 1.82) is 0 Å². The zero-order valence-electron chi connectivity index (χ0n) is 12.8. The highest BCUT2D eigenvalue weighted by Crippen LogP contribution is 2.31. The Kier molecular flexibility index (Phi) is 4.94. The van der Waals surface area contributed by atoms with E-state index in [9.17, 15) is 9.18 Å². The Hall–Kier alpha value is -2.22. The Labute approximate surface area is 151 Å². The van der Waals surface area contributed by atoms with Crippen molar-refractivity contribution in [3.05, 3.63) is 63.1 Å². The number of ether oxygens (including phenoxy) is 2. The largest absolute Gasteiger partial charge is 0.497 e. The average molecular weight is 437 g/mol. The van der Waals surface area contributed by atoms with E-state index in [0.29, 0.717) is 21.1 Å². The van der Waals surface area contributed by atoms with Crippen molar-refractivity contribution in [1.82, 2.24) is 4.98 Å². The summed E-state index contributed by atoms with van der Waals surface area (Å²) < 4.78 is 25.8. The molecule has 2 aromatic carbocycles. The minimum atomic E-state index is -0.400. The van der Waals surface area contributed by atoms with E-state index in [1.807, 2.05) is 46.9 Å². The molecule has 0 saturated heterocycles. The molecule has 122 valence electrons. The lowest BCUT2D eigenvalue weighted by atomic mass is 10.1. The summed E-state index contributed by atoms with van der Waals surface area (Å²) in [7, 11) is 1.60. The zero-order valence-corrected chi connectivity index (χ0v) is 14.9. The molecule has 0 saturated carbocycles. The molecule has 0 atom stereocenters. The van der Waals surface area contributed by atoms with Gasteiger partial charge in [0.1, 0.15) is 29.6 Å². The van der Waals surface area contributed by atoms with Crippen LogP contribution in [0.25, 0.3) is 10.9 Å².